The fraction of sp³-hybridized carbons (Fsp3) is 0.706. The first-order valence-corrected chi connectivity index (χ1v) is 8.85. The Labute approximate surface area is 135 Å². The van der Waals surface area contributed by atoms with Crippen LogP contribution in [0.3, 0.4) is 0 Å². The zero-order valence-electron chi connectivity index (χ0n) is 13.5. The van der Waals surface area contributed by atoms with Crippen molar-refractivity contribution in [1.29, 1.82) is 0 Å². The maximum absolute atomic E-state index is 12.3. The van der Waals surface area contributed by atoms with Crippen LogP contribution in [-0.2, 0) is 11.2 Å². The molecule has 3 heterocycles. The van der Waals surface area contributed by atoms with Crippen molar-refractivity contribution in [1.82, 2.24) is 19.7 Å². The quantitative estimate of drug-likeness (QED) is 0.941. The molecule has 6 nitrogen and oxygen atoms in total. The molecule has 0 spiro atoms. The molecule has 2 aromatic rings. The molecule has 0 amide bonds. The summed E-state index contributed by atoms with van der Waals surface area (Å²) in [6.45, 7) is 1.51. The molecule has 0 unspecified atom stereocenters. The molecule has 0 atom stereocenters. The van der Waals surface area contributed by atoms with Crippen molar-refractivity contribution >= 4 is 11.0 Å². The highest BCUT2D eigenvalue weighted by Crippen LogP contribution is 2.28. The summed E-state index contributed by atoms with van der Waals surface area (Å²) in [5.74, 6) is 1.61. The van der Waals surface area contributed by atoms with Gasteiger partial charge in [0, 0.05) is 19.6 Å². The molecule has 2 aliphatic rings. The number of fused-ring (bicyclic) bond motifs is 1. The van der Waals surface area contributed by atoms with Crippen LogP contribution in [0.15, 0.2) is 11.0 Å². The number of ether oxygens (including phenoxy) is 1. The summed E-state index contributed by atoms with van der Waals surface area (Å²) in [5.41, 5.74) is 0.678. The lowest BCUT2D eigenvalue weighted by molar-refractivity contribution is 0.0673. The third-order valence-corrected chi connectivity index (χ3v) is 5.31. The Kier molecular flexibility index (Phi) is 4.16. The van der Waals surface area contributed by atoms with E-state index in [4.69, 9.17) is 9.72 Å². The molecule has 0 aromatic carbocycles. The summed E-state index contributed by atoms with van der Waals surface area (Å²) in [6.07, 6.45) is 10.9. The highest BCUT2D eigenvalue weighted by atomic mass is 16.5. The van der Waals surface area contributed by atoms with Crippen molar-refractivity contribution in [2.75, 3.05) is 13.2 Å². The maximum atomic E-state index is 12.3. The molecule has 0 radical (unpaired) electrons. The molecular formula is C17H24N4O2. The molecule has 1 saturated heterocycles. The molecule has 0 bridgehead atoms. The van der Waals surface area contributed by atoms with E-state index in [0.29, 0.717) is 11.4 Å². The minimum absolute atomic E-state index is 0.0604. The van der Waals surface area contributed by atoms with E-state index < -0.39 is 0 Å². The Morgan fingerprint density at radius 3 is 2.78 bits per heavy atom. The van der Waals surface area contributed by atoms with Crippen molar-refractivity contribution in [3.05, 3.63) is 22.4 Å². The average molecular weight is 316 g/mol. The molecule has 2 aromatic heterocycles. The normalized spacial score (nSPS) is 20.5. The standard InChI is InChI=1S/C17H24N4O2/c22-17-14-11-18-21(13-7-9-23-10-8-13)16(14)19-15(20-17)6-5-12-3-1-2-4-12/h11-13H,1-10H2,(H,19,20,22). The summed E-state index contributed by atoms with van der Waals surface area (Å²) in [5, 5.41) is 5.04. The zero-order chi connectivity index (χ0) is 15.6. The first-order chi connectivity index (χ1) is 11.3. The van der Waals surface area contributed by atoms with Crippen LogP contribution in [0.2, 0.25) is 0 Å². The summed E-state index contributed by atoms with van der Waals surface area (Å²) in [7, 11) is 0. The Balaban J connectivity index is 1.60. The number of H-pyrrole nitrogens is 1. The summed E-state index contributed by atoms with van der Waals surface area (Å²) in [4.78, 5) is 20.0. The van der Waals surface area contributed by atoms with Crippen LogP contribution < -0.4 is 5.56 Å². The molecule has 1 saturated carbocycles. The molecule has 2 fully saturated rings. The molecule has 124 valence electrons. The van der Waals surface area contributed by atoms with Gasteiger partial charge in [0.15, 0.2) is 5.65 Å². The van der Waals surface area contributed by atoms with E-state index in [-0.39, 0.29) is 5.56 Å². The first-order valence-electron chi connectivity index (χ1n) is 8.85. The molecule has 1 aliphatic heterocycles. The van der Waals surface area contributed by atoms with Gasteiger partial charge < -0.3 is 9.72 Å². The fourth-order valence-corrected chi connectivity index (χ4v) is 3.94. The lowest BCUT2D eigenvalue weighted by Gasteiger charge is -2.22. The van der Waals surface area contributed by atoms with Crippen LogP contribution in [0.1, 0.15) is 56.8 Å². The van der Waals surface area contributed by atoms with Crippen molar-refractivity contribution in [3.8, 4) is 0 Å². The third kappa shape index (κ3) is 3.04. The lowest BCUT2D eigenvalue weighted by atomic mass is 10.0. The number of hydrogen-bond donors (Lipinski definition) is 1. The Hall–Kier alpha value is -1.69. The Morgan fingerprint density at radius 1 is 1.22 bits per heavy atom. The number of nitrogens with one attached hydrogen (secondary N) is 1. The summed E-state index contributed by atoms with van der Waals surface area (Å²) < 4.78 is 7.36. The van der Waals surface area contributed by atoms with Gasteiger partial charge in [0.1, 0.15) is 11.2 Å². The van der Waals surface area contributed by atoms with Crippen molar-refractivity contribution < 1.29 is 4.74 Å². The van der Waals surface area contributed by atoms with Crippen LogP contribution in [0, 0.1) is 5.92 Å². The number of rotatable bonds is 4. The van der Waals surface area contributed by atoms with Crippen LogP contribution in [0.25, 0.3) is 11.0 Å². The zero-order valence-corrected chi connectivity index (χ0v) is 13.5. The SMILES string of the molecule is O=c1[nH]c(CCC2CCCC2)nc2c1cnn2C1CCOCC1. The number of aromatic nitrogens is 4. The van der Waals surface area contributed by atoms with E-state index in [9.17, 15) is 4.79 Å². The highest BCUT2D eigenvalue weighted by Gasteiger charge is 2.21. The minimum Gasteiger partial charge on any atom is -0.381 e. The van der Waals surface area contributed by atoms with E-state index in [0.717, 1.165) is 56.3 Å². The van der Waals surface area contributed by atoms with E-state index in [1.54, 1.807) is 6.20 Å². The first kappa shape index (κ1) is 14.9. The van der Waals surface area contributed by atoms with Gasteiger partial charge in [0.05, 0.1) is 12.2 Å². The van der Waals surface area contributed by atoms with Gasteiger partial charge in [-0.1, -0.05) is 25.7 Å². The maximum Gasteiger partial charge on any atom is 0.262 e. The van der Waals surface area contributed by atoms with Gasteiger partial charge in [-0.25, -0.2) is 9.67 Å². The van der Waals surface area contributed by atoms with E-state index in [1.165, 1.54) is 25.7 Å². The summed E-state index contributed by atoms with van der Waals surface area (Å²) >= 11 is 0. The molecule has 4 rings (SSSR count). The minimum atomic E-state index is -0.0604. The van der Waals surface area contributed by atoms with E-state index in [1.807, 2.05) is 4.68 Å². The smallest absolute Gasteiger partial charge is 0.262 e. The second-order valence-electron chi connectivity index (χ2n) is 6.87. The van der Waals surface area contributed by atoms with E-state index in [2.05, 4.69) is 10.1 Å². The molecule has 1 N–H and O–H groups in total. The molecular weight excluding hydrogens is 292 g/mol. The topological polar surface area (TPSA) is 72.8 Å². The fourth-order valence-electron chi connectivity index (χ4n) is 3.94. The third-order valence-electron chi connectivity index (χ3n) is 5.31. The van der Waals surface area contributed by atoms with Crippen LogP contribution in [0.5, 0.6) is 0 Å². The van der Waals surface area contributed by atoms with Crippen LogP contribution in [0.4, 0.5) is 0 Å². The number of aromatic amines is 1. The van der Waals surface area contributed by atoms with Gasteiger partial charge in [0.2, 0.25) is 0 Å². The van der Waals surface area contributed by atoms with Gasteiger partial charge in [-0.15, -0.1) is 0 Å². The van der Waals surface area contributed by atoms with Gasteiger partial charge in [-0.3, -0.25) is 4.79 Å². The van der Waals surface area contributed by atoms with Crippen LogP contribution in [-0.4, -0.2) is 33.0 Å². The number of hydrogen-bond acceptors (Lipinski definition) is 4. The van der Waals surface area contributed by atoms with Crippen molar-refractivity contribution in [3.63, 3.8) is 0 Å². The number of aryl methyl sites for hydroxylation is 1. The predicted octanol–water partition coefficient (Wildman–Crippen LogP) is 2.59. The van der Waals surface area contributed by atoms with E-state index >= 15 is 0 Å². The Morgan fingerprint density at radius 2 is 2.00 bits per heavy atom. The van der Waals surface area contributed by atoms with Gasteiger partial charge in [0.25, 0.3) is 5.56 Å². The van der Waals surface area contributed by atoms with Gasteiger partial charge in [-0.2, -0.15) is 5.10 Å². The highest BCUT2D eigenvalue weighted by molar-refractivity contribution is 5.73. The van der Waals surface area contributed by atoms with Crippen LogP contribution >= 0.6 is 0 Å². The lowest BCUT2D eigenvalue weighted by Crippen LogP contribution is -2.21. The largest absolute Gasteiger partial charge is 0.381 e. The molecule has 23 heavy (non-hydrogen) atoms. The number of nitrogens with zero attached hydrogens (tertiary/aromatic N) is 3. The van der Waals surface area contributed by atoms with Gasteiger partial charge >= 0.3 is 0 Å². The second kappa shape index (κ2) is 6.43. The molecule has 6 heteroatoms. The second-order valence-corrected chi connectivity index (χ2v) is 6.87. The average Bonchev–Trinajstić information content (AvgIpc) is 3.23. The predicted molar refractivity (Wildman–Crippen MR) is 87.5 cm³/mol. The van der Waals surface area contributed by atoms with Crippen molar-refractivity contribution in [2.45, 2.75) is 57.4 Å². The Bertz CT molecular complexity index is 724. The van der Waals surface area contributed by atoms with Crippen molar-refractivity contribution in [2.24, 2.45) is 5.92 Å². The van der Waals surface area contributed by atoms with Gasteiger partial charge in [-0.05, 0) is 25.2 Å². The molecule has 1 aliphatic carbocycles. The monoisotopic (exact) mass is 316 g/mol. The summed E-state index contributed by atoms with van der Waals surface area (Å²) in [6, 6.07) is 0.290.